The van der Waals surface area contributed by atoms with Gasteiger partial charge in [-0.05, 0) is 24.3 Å². The van der Waals surface area contributed by atoms with Crippen molar-refractivity contribution in [1.29, 1.82) is 0 Å². The van der Waals surface area contributed by atoms with Gasteiger partial charge in [0.25, 0.3) is 0 Å². The minimum atomic E-state index is -0.832. The largest absolute Gasteiger partial charge is 0.467 e. The molecule has 2 atom stereocenters. The van der Waals surface area contributed by atoms with E-state index in [-0.39, 0.29) is 17.0 Å². The Morgan fingerprint density at radius 3 is 2.83 bits per heavy atom. The quantitative estimate of drug-likeness (QED) is 0.856. The van der Waals surface area contributed by atoms with Crippen LogP contribution >= 0.6 is 11.8 Å². The number of halogens is 1. The summed E-state index contributed by atoms with van der Waals surface area (Å²) in [6, 6.07) is 6.37. The van der Waals surface area contributed by atoms with Gasteiger partial charge in [-0.3, -0.25) is 0 Å². The summed E-state index contributed by atoms with van der Waals surface area (Å²) in [5, 5.41) is 3.10. The first-order valence-corrected chi connectivity index (χ1v) is 6.88. The maximum absolute atomic E-state index is 13.7. The van der Waals surface area contributed by atoms with E-state index in [1.807, 2.05) is 6.92 Å². The Balaban J connectivity index is 2.32. The maximum atomic E-state index is 13.7. The lowest BCUT2D eigenvalue weighted by Crippen LogP contribution is -2.51. The number of para-hydroxylation sites is 1. The predicted molar refractivity (Wildman–Crippen MR) is 71.3 cm³/mol. The summed E-state index contributed by atoms with van der Waals surface area (Å²) in [6.07, 6.45) is 0.639. The molecule has 0 aliphatic carbocycles. The highest BCUT2D eigenvalue weighted by Crippen LogP contribution is 2.39. The molecule has 1 heterocycles. The SMILES string of the molecule is COC(=O)C1(Nc2ccccc2F)CCSC1C. The number of benzene rings is 1. The van der Waals surface area contributed by atoms with Crippen molar-refractivity contribution in [2.75, 3.05) is 18.2 Å². The normalized spacial score (nSPS) is 26.9. The molecule has 1 saturated heterocycles. The molecule has 2 rings (SSSR count). The number of hydrogen-bond acceptors (Lipinski definition) is 4. The van der Waals surface area contributed by atoms with E-state index in [9.17, 15) is 9.18 Å². The number of nitrogens with one attached hydrogen (secondary N) is 1. The summed E-state index contributed by atoms with van der Waals surface area (Å²) < 4.78 is 18.6. The zero-order valence-corrected chi connectivity index (χ0v) is 11.2. The lowest BCUT2D eigenvalue weighted by molar-refractivity contribution is -0.145. The van der Waals surface area contributed by atoms with E-state index >= 15 is 0 Å². The van der Waals surface area contributed by atoms with Crippen molar-refractivity contribution in [3.63, 3.8) is 0 Å². The summed E-state index contributed by atoms with van der Waals surface area (Å²) in [5.41, 5.74) is -0.487. The van der Waals surface area contributed by atoms with Crippen molar-refractivity contribution >= 4 is 23.4 Å². The second-order valence-electron chi connectivity index (χ2n) is 4.33. The Kier molecular flexibility index (Phi) is 3.80. The van der Waals surface area contributed by atoms with Crippen LogP contribution in [0.2, 0.25) is 0 Å². The van der Waals surface area contributed by atoms with E-state index in [2.05, 4.69) is 5.32 Å². The summed E-state index contributed by atoms with van der Waals surface area (Å²) in [6.45, 7) is 1.96. The number of carbonyl (C=O) groups is 1. The molecular weight excluding hydrogens is 253 g/mol. The molecular formula is C13H16FNO2S. The molecule has 1 aromatic rings. The predicted octanol–water partition coefficient (Wildman–Crippen LogP) is 2.67. The summed E-state index contributed by atoms with van der Waals surface area (Å²) in [5.74, 6) is 0.172. The molecule has 0 spiro atoms. The fourth-order valence-corrected chi connectivity index (χ4v) is 3.56. The minimum absolute atomic E-state index is 0.0459. The maximum Gasteiger partial charge on any atom is 0.332 e. The van der Waals surface area contributed by atoms with Gasteiger partial charge in [-0.1, -0.05) is 19.1 Å². The third-order valence-corrected chi connectivity index (χ3v) is 4.68. The van der Waals surface area contributed by atoms with Gasteiger partial charge in [-0.25, -0.2) is 9.18 Å². The Hall–Kier alpha value is -1.23. The topological polar surface area (TPSA) is 38.3 Å². The van der Waals surface area contributed by atoms with Gasteiger partial charge in [0.15, 0.2) is 0 Å². The van der Waals surface area contributed by atoms with Crippen LogP contribution in [0.3, 0.4) is 0 Å². The molecule has 0 radical (unpaired) electrons. The summed E-state index contributed by atoms with van der Waals surface area (Å²) in [4.78, 5) is 12.0. The van der Waals surface area contributed by atoms with Gasteiger partial charge in [0.2, 0.25) is 0 Å². The van der Waals surface area contributed by atoms with Crippen molar-refractivity contribution in [2.45, 2.75) is 24.1 Å². The van der Waals surface area contributed by atoms with Crippen molar-refractivity contribution in [2.24, 2.45) is 0 Å². The highest BCUT2D eigenvalue weighted by atomic mass is 32.2. The number of anilines is 1. The molecule has 3 nitrogen and oxygen atoms in total. The zero-order chi connectivity index (χ0) is 13.2. The molecule has 5 heteroatoms. The van der Waals surface area contributed by atoms with Crippen molar-refractivity contribution in [3.8, 4) is 0 Å². The number of rotatable bonds is 3. The molecule has 1 fully saturated rings. The van der Waals surface area contributed by atoms with Gasteiger partial charge in [0.05, 0.1) is 12.8 Å². The first-order valence-electron chi connectivity index (χ1n) is 5.83. The highest BCUT2D eigenvalue weighted by molar-refractivity contribution is 8.00. The Bertz CT molecular complexity index is 454. The van der Waals surface area contributed by atoms with Crippen LogP contribution < -0.4 is 5.32 Å². The number of hydrogen-bond donors (Lipinski definition) is 1. The van der Waals surface area contributed by atoms with Crippen LogP contribution in [0.15, 0.2) is 24.3 Å². The first-order chi connectivity index (χ1) is 8.60. The second kappa shape index (κ2) is 5.18. The van der Waals surface area contributed by atoms with Gasteiger partial charge in [-0.15, -0.1) is 0 Å². The minimum Gasteiger partial charge on any atom is -0.467 e. The second-order valence-corrected chi connectivity index (χ2v) is 5.78. The van der Waals surface area contributed by atoms with Gasteiger partial charge in [0, 0.05) is 5.25 Å². The van der Waals surface area contributed by atoms with E-state index in [0.29, 0.717) is 12.1 Å². The molecule has 0 saturated carbocycles. The van der Waals surface area contributed by atoms with Crippen molar-refractivity contribution in [3.05, 3.63) is 30.1 Å². The summed E-state index contributed by atoms with van der Waals surface area (Å²) >= 11 is 1.69. The Morgan fingerprint density at radius 1 is 1.56 bits per heavy atom. The van der Waals surface area contributed by atoms with Crippen LogP contribution in [0.25, 0.3) is 0 Å². The first kappa shape index (κ1) is 13.2. The standard InChI is InChI=1S/C13H16FNO2S/c1-9-13(7-8-18-9,12(16)17-2)15-11-6-4-3-5-10(11)14/h3-6,9,15H,7-8H2,1-2H3. The van der Waals surface area contributed by atoms with Crippen LogP contribution in [-0.2, 0) is 9.53 Å². The van der Waals surface area contributed by atoms with Crippen molar-refractivity contribution < 1.29 is 13.9 Å². The van der Waals surface area contributed by atoms with E-state index < -0.39 is 5.54 Å². The third-order valence-electron chi connectivity index (χ3n) is 3.34. The van der Waals surface area contributed by atoms with Crippen LogP contribution in [-0.4, -0.2) is 29.6 Å². The molecule has 1 N–H and O–H groups in total. The molecule has 18 heavy (non-hydrogen) atoms. The lowest BCUT2D eigenvalue weighted by Gasteiger charge is -2.32. The monoisotopic (exact) mass is 269 g/mol. The smallest absolute Gasteiger partial charge is 0.332 e. The Labute approximate surface area is 110 Å². The average Bonchev–Trinajstić information content (AvgIpc) is 2.74. The molecule has 1 aliphatic heterocycles. The van der Waals surface area contributed by atoms with Crippen LogP contribution in [0.1, 0.15) is 13.3 Å². The fourth-order valence-electron chi connectivity index (χ4n) is 2.21. The van der Waals surface area contributed by atoms with Crippen LogP contribution in [0.4, 0.5) is 10.1 Å². The molecule has 2 unspecified atom stereocenters. The molecule has 98 valence electrons. The number of thioether (sulfide) groups is 1. The van der Waals surface area contributed by atoms with Crippen molar-refractivity contribution in [1.82, 2.24) is 0 Å². The number of ether oxygens (including phenoxy) is 1. The van der Waals surface area contributed by atoms with Gasteiger partial charge in [-0.2, -0.15) is 11.8 Å². The van der Waals surface area contributed by atoms with E-state index in [4.69, 9.17) is 4.74 Å². The van der Waals surface area contributed by atoms with Gasteiger partial charge in [0.1, 0.15) is 11.4 Å². The molecule has 0 amide bonds. The zero-order valence-electron chi connectivity index (χ0n) is 10.4. The molecule has 0 aromatic heterocycles. The van der Waals surface area contributed by atoms with Gasteiger partial charge < -0.3 is 10.1 Å². The molecule has 0 bridgehead atoms. The summed E-state index contributed by atoms with van der Waals surface area (Å²) in [7, 11) is 1.36. The van der Waals surface area contributed by atoms with E-state index in [1.54, 1.807) is 30.0 Å². The van der Waals surface area contributed by atoms with Crippen LogP contribution in [0.5, 0.6) is 0 Å². The number of carbonyl (C=O) groups excluding carboxylic acids is 1. The molecule has 1 aromatic carbocycles. The van der Waals surface area contributed by atoms with E-state index in [1.165, 1.54) is 13.2 Å². The molecule has 1 aliphatic rings. The fraction of sp³-hybridized carbons (Fsp3) is 0.462. The number of methoxy groups -OCH3 is 1. The lowest BCUT2D eigenvalue weighted by atomic mass is 9.92. The van der Waals surface area contributed by atoms with E-state index in [0.717, 1.165) is 5.75 Å². The third kappa shape index (κ3) is 2.19. The Morgan fingerprint density at radius 2 is 2.28 bits per heavy atom. The van der Waals surface area contributed by atoms with Gasteiger partial charge >= 0.3 is 5.97 Å². The van der Waals surface area contributed by atoms with Crippen LogP contribution in [0, 0.1) is 5.82 Å². The number of esters is 1. The average molecular weight is 269 g/mol. The highest BCUT2D eigenvalue weighted by Gasteiger charge is 2.49.